The Morgan fingerprint density at radius 1 is 1.20 bits per heavy atom. The first-order valence-electron chi connectivity index (χ1n) is 13.1. The second-order valence-electron chi connectivity index (χ2n) is 10.1. The highest BCUT2D eigenvalue weighted by atomic mass is 35.5. The molecule has 0 spiro atoms. The Morgan fingerprint density at radius 3 is 2.42 bits per heavy atom. The topological polar surface area (TPSA) is 141 Å². The fourth-order valence-corrected chi connectivity index (χ4v) is 5.48. The first-order chi connectivity index (χ1) is 19.0. The standard InChI is InChI=1S/C23H32ClN7O2.C2HF3O2/c24-17-5-3-16(4-6-17)12-19-15-33-20(13-30-9-1-2-21(30)32)14-31(19)18-7-10-29(11-8-18)23-26-22(25)27-28-23;3-2(4,5)1(6)7/h3-6,18-20H,1-2,7-15H2,(H3,25,26,27,28);(H,6,7)/t19-,20-;/m0./s1. The number of carbonyl (C=O) groups is 2. The van der Waals surface area contributed by atoms with E-state index < -0.39 is 12.1 Å². The molecule has 11 nitrogen and oxygen atoms in total. The van der Waals surface area contributed by atoms with Gasteiger partial charge in [-0.3, -0.25) is 9.69 Å². The average Bonchev–Trinajstić information content (AvgIpc) is 3.54. The molecule has 5 rings (SSSR count). The number of nitrogens with one attached hydrogen (secondary N) is 1. The highest BCUT2D eigenvalue weighted by Crippen LogP contribution is 2.27. The molecular weight excluding hydrogens is 555 g/mol. The lowest BCUT2D eigenvalue weighted by molar-refractivity contribution is -0.192. The number of benzene rings is 1. The largest absolute Gasteiger partial charge is 0.490 e. The Kier molecular flexibility index (Phi) is 9.74. The second-order valence-corrected chi connectivity index (χ2v) is 10.6. The van der Waals surface area contributed by atoms with Gasteiger partial charge in [-0.2, -0.15) is 18.2 Å². The number of hydrogen-bond acceptors (Lipinski definition) is 8. The third-order valence-corrected chi connectivity index (χ3v) is 7.59. The van der Waals surface area contributed by atoms with Crippen LogP contribution in [-0.2, 0) is 20.7 Å². The van der Waals surface area contributed by atoms with Crippen molar-refractivity contribution < 1.29 is 32.6 Å². The van der Waals surface area contributed by atoms with E-state index in [4.69, 9.17) is 32.0 Å². The number of aromatic amines is 1. The normalized spacial score (nSPS) is 22.8. The Balaban J connectivity index is 0.000000470. The number of carbonyl (C=O) groups excluding carboxylic acids is 1. The molecule has 0 saturated carbocycles. The molecular formula is C25H33ClF3N7O4. The van der Waals surface area contributed by atoms with Gasteiger partial charge in [0, 0.05) is 56.3 Å². The summed E-state index contributed by atoms with van der Waals surface area (Å²) < 4.78 is 38.0. The van der Waals surface area contributed by atoms with Crippen LogP contribution >= 0.6 is 11.6 Å². The van der Waals surface area contributed by atoms with Gasteiger partial charge in [0.15, 0.2) is 0 Å². The molecule has 0 aliphatic carbocycles. The number of halogens is 4. The number of rotatable bonds is 6. The number of nitrogens with two attached hydrogens (primary N) is 1. The van der Waals surface area contributed by atoms with Crippen molar-refractivity contribution in [3.8, 4) is 0 Å². The molecule has 0 radical (unpaired) electrons. The van der Waals surface area contributed by atoms with Crippen molar-refractivity contribution >= 4 is 35.4 Å². The lowest BCUT2D eigenvalue weighted by Crippen LogP contribution is -2.59. The van der Waals surface area contributed by atoms with Crippen LogP contribution in [0.4, 0.5) is 25.1 Å². The van der Waals surface area contributed by atoms with Crippen molar-refractivity contribution in [2.24, 2.45) is 0 Å². The smallest absolute Gasteiger partial charge is 0.475 e. The number of aliphatic carboxylic acids is 1. The molecule has 220 valence electrons. The van der Waals surface area contributed by atoms with Gasteiger partial charge in [0.25, 0.3) is 0 Å². The molecule has 3 saturated heterocycles. The minimum Gasteiger partial charge on any atom is -0.475 e. The number of carboxylic acid groups (broad SMARTS) is 1. The monoisotopic (exact) mass is 587 g/mol. The van der Waals surface area contributed by atoms with Gasteiger partial charge in [0.2, 0.25) is 17.8 Å². The predicted molar refractivity (Wildman–Crippen MR) is 141 cm³/mol. The van der Waals surface area contributed by atoms with Crippen LogP contribution in [0.15, 0.2) is 24.3 Å². The molecule has 15 heteroatoms. The molecule has 0 unspecified atom stereocenters. The third kappa shape index (κ3) is 7.98. The molecule has 2 aromatic rings. The van der Waals surface area contributed by atoms with E-state index >= 15 is 0 Å². The number of nitrogens with zero attached hydrogens (tertiary/aromatic N) is 5. The number of likely N-dealkylation sites (tertiary alicyclic amines) is 1. The zero-order chi connectivity index (χ0) is 28.9. The second kappa shape index (κ2) is 13.0. The van der Waals surface area contributed by atoms with Gasteiger partial charge in [-0.15, -0.1) is 5.10 Å². The molecule has 3 fully saturated rings. The minimum absolute atomic E-state index is 0.0550. The summed E-state index contributed by atoms with van der Waals surface area (Å²) in [6, 6.07) is 8.86. The average molecular weight is 588 g/mol. The summed E-state index contributed by atoms with van der Waals surface area (Å²) in [5.74, 6) is -1.47. The van der Waals surface area contributed by atoms with Gasteiger partial charge in [-0.25, -0.2) is 9.89 Å². The predicted octanol–water partition coefficient (Wildman–Crippen LogP) is 2.58. The molecule has 1 aromatic carbocycles. The number of amides is 1. The summed E-state index contributed by atoms with van der Waals surface area (Å²) in [5, 5.41) is 14.8. The van der Waals surface area contributed by atoms with Crippen molar-refractivity contribution in [1.82, 2.24) is 25.0 Å². The van der Waals surface area contributed by atoms with Crippen LogP contribution in [0.3, 0.4) is 0 Å². The van der Waals surface area contributed by atoms with Crippen LogP contribution in [0.25, 0.3) is 0 Å². The molecule has 4 heterocycles. The Morgan fingerprint density at radius 2 is 1.88 bits per heavy atom. The summed E-state index contributed by atoms with van der Waals surface area (Å²) in [4.78, 5) is 32.1. The van der Waals surface area contributed by atoms with Crippen molar-refractivity contribution in [2.45, 2.75) is 56.5 Å². The molecule has 1 aromatic heterocycles. The fraction of sp³-hybridized carbons (Fsp3) is 0.600. The van der Waals surface area contributed by atoms with E-state index in [1.54, 1.807) is 0 Å². The molecule has 3 aliphatic rings. The number of nitrogen functional groups attached to an aromatic ring is 1. The molecule has 4 N–H and O–H groups in total. The van der Waals surface area contributed by atoms with Gasteiger partial charge in [0.05, 0.1) is 12.7 Å². The van der Waals surface area contributed by atoms with E-state index in [9.17, 15) is 18.0 Å². The first kappa shape index (κ1) is 29.9. The number of H-pyrrole nitrogens is 1. The van der Waals surface area contributed by atoms with E-state index in [1.807, 2.05) is 17.0 Å². The SMILES string of the molecule is Nc1nc(N2CCC(N3C[C@H](CN4CCCC4=O)OC[C@@H]3Cc3ccc(Cl)cc3)CC2)n[nH]1.O=C(O)C(F)(F)F. The number of morpholine rings is 1. The van der Waals surface area contributed by atoms with Gasteiger partial charge in [-0.1, -0.05) is 23.7 Å². The minimum atomic E-state index is -5.08. The molecule has 2 atom stereocenters. The lowest BCUT2D eigenvalue weighted by Gasteiger charge is -2.47. The number of carboxylic acids is 1. The van der Waals surface area contributed by atoms with Gasteiger partial charge < -0.3 is 25.4 Å². The quantitative estimate of drug-likeness (QED) is 0.465. The van der Waals surface area contributed by atoms with Crippen LogP contribution < -0.4 is 10.6 Å². The highest BCUT2D eigenvalue weighted by molar-refractivity contribution is 6.30. The van der Waals surface area contributed by atoms with Crippen LogP contribution in [0, 0.1) is 0 Å². The number of piperidine rings is 1. The van der Waals surface area contributed by atoms with Crippen molar-refractivity contribution in [3.63, 3.8) is 0 Å². The Hall–Kier alpha value is -3.10. The number of alkyl halides is 3. The van der Waals surface area contributed by atoms with Crippen LogP contribution in [-0.4, -0.2) is 106 Å². The molecule has 40 heavy (non-hydrogen) atoms. The Labute approximate surface area is 234 Å². The van der Waals surface area contributed by atoms with E-state index in [0.29, 0.717) is 43.6 Å². The van der Waals surface area contributed by atoms with Crippen molar-refractivity contribution in [1.29, 1.82) is 0 Å². The van der Waals surface area contributed by atoms with Gasteiger partial charge in [-0.05, 0) is 43.4 Å². The number of hydrogen-bond donors (Lipinski definition) is 3. The summed E-state index contributed by atoms with van der Waals surface area (Å²) in [6.07, 6.45) is -0.427. The van der Waals surface area contributed by atoms with E-state index in [2.05, 4.69) is 37.1 Å². The summed E-state index contributed by atoms with van der Waals surface area (Å²) >= 11 is 6.09. The molecule has 0 bridgehead atoms. The van der Waals surface area contributed by atoms with E-state index in [1.165, 1.54) is 5.56 Å². The first-order valence-corrected chi connectivity index (χ1v) is 13.5. The fourth-order valence-electron chi connectivity index (χ4n) is 5.35. The maximum absolute atomic E-state index is 12.2. The van der Waals surface area contributed by atoms with Crippen LogP contribution in [0.2, 0.25) is 5.02 Å². The Bertz CT molecular complexity index is 1140. The summed E-state index contributed by atoms with van der Waals surface area (Å²) in [7, 11) is 0. The van der Waals surface area contributed by atoms with E-state index in [-0.39, 0.29) is 12.0 Å². The zero-order valence-corrected chi connectivity index (χ0v) is 22.6. The van der Waals surface area contributed by atoms with E-state index in [0.717, 1.165) is 56.9 Å². The maximum atomic E-state index is 12.2. The third-order valence-electron chi connectivity index (χ3n) is 7.34. The molecule has 1 amide bonds. The van der Waals surface area contributed by atoms with Crippen LogP contribution in [0.1, 0.15) is 31.2 Å². The van der Waals surface area contributed by atoms with Gasteiger partial charge in [0.1, 0.15) is 0 Å². The zero-order valence-electron chi connectivity index (χ0n) is 21.8. The molecule has 3 aliphatic heterocycles. The lowest BCUT2D eigenvalue weighted by atomic mass is 9.96. The maximum Gasteiger partial charge on any atom is 0.490 e. The number of ether oxygens (including phenoxy) is 1. The van der Waals surface area contributed by atoms with Crippen molar-refractivity contribution in [3.05, 3.63) is 34.9 Å². The number of aromatic nitrogens is 3. The van der Waals surface area contributed by atoms with Gasteiger partial charge >= 0.3 is 12.1 Å². The summed E-state index contributed by atoms with van der Waals surface area (Å²) in [6.45, 7) is 4.85. The highest BCUT2D eigenvalue weighted by Gasteiger charge is 2.39. The van der Waals surface area contributed by atoms with Crippen LogP contribution in [0.5, 0.6) is 0 Å². The number of anilines is 2. The summed E-state index contributed by atoms with van der Waals surface area (Å²) in [5.41, 5.74) is 6.97. The van der Waals surface area contributed by atoms with Crippen molar-refractivity contribution in [2.75, 3.05) is 50.0 Å².